The van der Waals surface area contributed by atoms with E-state index in [4.69, 9.17) is 15.2 Å². The largest absolute Gasteiger partial charge is 0.493 e. The Morgan fingerprint density at radius 1 is 1.17 bits per heavy atom. The van der Waals surface area contributed by atoms with E-state index in [9.17, 15) is 0 Å². The number of nitrogens with two attached hydrogens (primary N) is 1. The predicted molar refractivity (Wildman–Crippen MR) is 48.7 cm³/mol. The molecule has 0 atom stereocenters. The lowest BCUT2D eigenvalue weighted by molar-refractivity contribution is 0.356. The highest BCUT2D eigenvalue weighted by Crippen LogP contribution is 2.33. The maximum atomic E-state index is 5.70. The second kappa shape index (κ2) is 3.34. The Balaban J connectivity index is 3.24. The smallest absolute Gasteiger partial charge is 0.183 e. The Morgan fingerprint density at radius 2 is 1.83 bits per heavy atom. The summed E-state index contributed by atoms with van der Waals surface area (Å²) in [6, 6.07) is 3.73. The van der Waals surface area contributed by atoms with Crippen LogP contribution in [0, 0.1) is 6.92 Å². The van der Waals surface area contributed by atoms with E-state index in [0.29, 0.717) is 17.2 Å². The van der Waals surface area contributed by atoms with Gasteiger partial charge in [0.1, 0.15) is 0 Å². The van der Waals surface area contributed by atoms with Gasteiger partial charge >= 0.3 is 0 Å². The van der Waals surface area contributed by atoms with Gasteiger partial charge in [0, 0.05) is 0 Å². The number of aryl methyl sites for hydroxylation is 1. The molecule has 0 amide bonds. The number of nitrogen functional groups attached to an aromatic ring is 1. The van der Waals surface area contributed by atoms with Crippen molar-refractivity contribution >= 4 is 5.69 Å². The molecule has 0 bridgehead atoms. The fraction of sp³-hybridized carbons (Fsp3) is 0.333. The first-order valence-corrected chi connectivity index (χ1v) is 3.67. The number of hydrogen-bond acceptors (Lipinski definition) is 3. The van der Waals surface area contributed by atoms with Gasteiger partial charge in [0.25, 0.3) is 0 Å². The molecule has 3 heteroatoms. The fourth-order valence-electron chi connectivity index (χ4n) is 1.14. The molecule has 0 aromatic heterocycles. The van der Waals surface area contributed by atoms with Crippen molar-refractivity contribution in [2.45, 2.75) is 6.92 Å². The summed E-state index contributed by atoms with van der Waals surface area (Å²) in [5.74, 6) is 1.28. The van der Waals surface area contributed by atoms with Gasteiger partial charge in [-0.1, -0.05) is 0 Å². The molecule has 0 heterocycles. The summed E-state index contributed by atoms with van der Waals surface area (Å²) >= 11 is 0. The van der Waals surface area contributed by atoms with Crippen molar-refractivity contribution in [1.82, 2.24) is 0 Å². The first-order chi connectivity index (χ1) is 5.69. The van der Waals surface area contributed by atoms with Gasteiger partial charge in [0.05, 0.1) is 19.9 Å². The van der Waals surface area contributed by atoms with Crippen LogP contribution in [0.3, 0.4) is 0 Å². The summed E-state index contributed by atoms with van der Waals surface area (Å²) < 4.78 is 10.2. The van der Waals surface area contributed by atoms with Crippen LogP contribution in [0.15, 0.2) is 12.1 Å². The molecule has 3 nitrogen and oxygen atoms in total. The first kappa shape index (κ1) is 8.71. The number of hydrogen-bond donors (Lipinski definition) is 1. The van der Waals surface area contributed by atoms with E-state index in [1.165, 1.54) is 0 Å². The standard InChI is InChI=1S/C9H13NO2/c1-6-4-7(10)9(12-3)8(5-6)11-2/h4-5H,10H2,1-3H3. The molecule has 1 rings (SSSR count). The highest BCUT2D eigenvalue weighted by atomic mass is 16.5. The number of rotatable bonds is 2. The topological polar surface area (TPSA) is 44.5 Å². The van der Waals surface area contributed by atoms with Gasteiger partial charge in [0.2, 0.25) is 0 Å². The summed E-state index contributed by atoms with van der Waals surface area (Å²) in [5.41, 5.74) is 7.37. The molecule has 1 aromatic rings. The molecule has 1 aromatic carbocycles. The van der Waals surface area contributed by atoms with E-state index >= 15 is 0 Å². The van der Waals surface area contributed by atoms with E-state index in [-0.39, 0.29) is 0 Å². The van der Waals surface area contributed by atoms with E-state index in [1.54, 1.807) is 14.2 Å². The van der Waals surface area contributed by atoms with Crippen LogP contribution >= 0.6 is 0 Å². The zero-order valence-electron chi connectivity index (χ0n) is 7.55. The monoisotopic (exact) mass is 167 g/mol. The second-order valence-corrected chi connectivity index (χ2v) is 2.59. The molecule has 0 fully saturated rings. The van der Waals surface area contributed by atoms with Crippen LogP contribution in [0.1, 0.15) is 5.56 Å². The van der Waals surface area contributed by atoms with Crippen molar-refractivity contribution in [3.05, 3.63) is 17.7 Å². The van der Waals surface area contributed by atoms with E-state index < -0.39 is 0 Å². The number of methoxy groups -OCH3 is 2. The fourth-order valence-corrected chi connectivity index (χ4v) is 1.14. The van der Waals surface area contributed by atoms with Crippen LogP contribution in [0.4, 0.5) is 5.69 Å². The van der Waals surface area contributed by atoms with Gasteiger partial charge in [-0.2, -0.15) is 0 Å². The van der Waals surface area contributed by atoms with Crippen molar-refractivity contribution in [2.24, 2.45) is 0 Å². The van der Waals surface area contributed by atoms with E-state index in [0.717, 1.165) is 5.56 Å². The average molecular weight is 167 g/mol. The van der Waals surface area contributed by atoms with Crippen molar-refractivity contribution in [3.63, 3.8) is 0 Å². The van der Waals surface area contributed by atoms with Crippen molar-refractivity contribution < 1.29 is 9.47 Å². The third-order valence-corrected chi connectivity index (χ3v) is 1.65. The van der Waals surface area contributed by atoms with Gasteiger partial charge in [-0.05, 0) is 24.6 Å². The zero-order chi connectivity index (χ0) is 9.14. The van der Waals surface area contributed by atoms with Crippen molar-refractivity contribution in [2.75, 3.05) is 20.0 Å². The van der Waals surface area contributed by atoms with Crippen LogP contribution in [-0.2, 0) is 0 Å². The summed E-state index contributed by atoms with van der Waals surface area (Å²) in [6.07, 6.45) is 0. The van der Waals surface area contributed by atoms with Gasteiger partial charge in [-0.15, -0.1) is 0 Å². The zero-order valence-corrected chi connectivity index (χ0v) is 7.55. The highest BCUT2D eigenvalue weighted by molar-refractivity contribution is 5.61. The summed E-state index contributed by atoms with van der Waals surface area (Å²) in [6.45, 7) is 1.96. The third-order valence-electron chi connectivity index (χ3n) is 1.65. The van der Waals surface area contributed by atoms with Gasteiger partial charge in [-0.3, -0.25) is 0 Å². The lowest BCUT2D eigenvalue weighted by Gasteiger charge is -2.10. The number of anilines is 1. The Hall–Kier alpha value is -1.38. The predicted octanol–water partition coefficient (Wildman–Crippen LogP) is 1.59. The minimum Gasteiger partial charge on any atom is -0.493 e. The Bertz CT molecular complexity index is 284. The quantitative estimate of drug-likeness (QED) is 0.680. The molecule has 0 radical (unpaired) electrons. The van der Waals surface area contributed by atoms with E-state index in [1.807, 2.05) is 19.1 Å². The number of ether oxygens (including phenoxy) is 2. The first-order valence-electron chi connectivity index (χ1n) is 3.67. The molecule has 12 heavy (non-hydrogen) atoms. The molecule has 0 unspecified atom stereocenters. The lowest BCUT2D eigenvalue weighted by Crippen LogP contribution is -1.96. The van der Waals surface area contributed by atoms with E-state index in [2.05, 4.69) is 0 Å². The normalized spacial score (nSPS) is 9.58. The molecule has 0 aliphatic carbocycles. The van der Waals surface area contributed by atoms with Gasteiger partial charge in [-0.25, -0.2) is 0 Å². The Kier molecular flexibility index (Phi) is 2.43. The van der Waals surface area contributed by atoms with Crippen LogP contribution in [0.25, 0.3) is 0 Å². The molecule has 66 valence electrons. The molecular formula is C9H13NO2. The second-order valence-electron chi connectivity index (χ2n) is 2.59. The summed E-state index contributed by atoms with van der Waals surface area (Å²) in [4.78, 5) is 0. The van der Waals surface area contributed by atoms with Crippen molar-refractivity contribution in [1.29, 1.82) is 0 Å². The average Bonchev–Trinajstić information content (AvgIpc) is 2.03. The minimum absolute atomic E-state index is 0.600. The van der Waals surface area contributed by atoms with Crippen molar-refractivity contribution in [3.8, 4) is 11.5 Å². The summed E-state index contributed by atoms with van der Waals surface area (Å²) in [7, 11) is 3.17. The van der Waals surface area contributed by atoms with Crippen LogP contribution in [0.2, 0.25) is 0 Å². The van der Waals surface area contributed by atoms with Crippen LogP contribution in [-0.4, -0.2) is 14.2 Å². The molecule has 0 saturated carbocycles. The van der Waals surface area contributed by atoms with Crippen LogP contribution < -0.4 is 15.2 Å². The molecule has 0 saturated heterocycles. The highest BCUT2D eigenvalue weighted by Gasteiger charge is 2.07. The minimum atomic E-state index is 0.600. The maximum absolute atomic E-state index is 5.70. The van der Waals surface area contributed by atoms with Gasteiger partial charge < -0.3 is 15.2 Å². The number of benzene rings is 1. The molecule has 0 aliphatic heterocycles. The SMILES string of the molecule is COc1cc(C)cc(N)c1OC. The van der Waals surface area contributed by atoms with Gasteiger partial charge in [0.15, 0.2) is 11.5 Å². The Morgan fingerprint density at radius 3 is 2.33 bits per heavy atom. The lowest BCUT2D eigenvalue weighted by atomic mass is 10.2. The Labute approximate surface area is 72.1 Å². The molecule has 0 aliphatic rings. The molecular weight excluding hydrogens is 154 g/mol. The molecule has 2 N–H and O–H groups in total. The van der Waals surface area contributed by atoms with Crippen LogP contribution in [0.5, 0.6) is 11.5 Å². The molecule has 0 spiro atoms. The summed E-state index contributed by atoms with van der Waals surface area (Å²) in [5, 5.41) is 0. The third kappa shape index (κ3) is 1.44. The maximum Gasteiger partial charge on any atom is 0.183 e.